The van der Waals surface area contributed by atoms with Gasteiger partial charge in [-0.05, 0) is 37.1 Å². The van der Waals surface area contributed by atoms with Crippen molar-refractivity contribution in [2.24, 2.45) is 0 Å². The van der Waals surface area contributed by atoms with Gasteiger partial charge in [-0.15, -0.1) is 0 Å². The summed E-state index contributed by atoms with van der Waals surface area (Å²) in [5, 5.41) is 16.1. The van der Waals surface area contributed by atoms with Crippen molar-refractivity contribution in [3.63, 3.8) is 0 Å². The number of anilines is 1. The molecule has 25 heavy (non-hydrogen) atoms. The number of amides is 2. The van der Waals surface area contributed by atoms with Crippen LogP contribution in [0, 0.1) is 17.0 Å². The Hall–Kier alpha value is -3.22. The van der Waals surface area contributed by atoms with Crippen molar-refractivity contribution in [1.82, 2.24) is 5.32 Å². The number of benzene rings is 2. The molecule has 7 heteroatoms. The van der Waals surface area contributed by atoms with Crippen LogP contribution in [0.2, 0.25) is 0 Å². The number of nitrogens with zero attached hydrogens (tertiary/aromatic N) is 1. The van der Waals surface area contributed by atoms with Crippen molar-refractivity contribution in [3.8, 4) is 0 Å². The Balaban J connectivity index is 1.96. The number of nitro groups is 1. The molecule has 0 aliphatic rings. The number of hydrogen-bond acceptors (Lipinski definition) is 4. The van der Waals surface area contributed by atoms with Crippen LogP contribution in [0.25, 0.3) is 0 Å². The number of carbonyl (C=O) groups is 2. The van der Waals surface area contributed by atoms with E-state index in [-0.39, 0.29) is 23.7 Å². The maximum atomic E-state index is 12.1. The zero-order valence-electron chi connectivity index (χ0n) is 14.0. The second-order valence-corrected chi connectivity index (χ2v) is 5.50. The highest BCUT2D eigenvalue weighted by Crippen LogP contribution is 2.18. The molecule has 0 heterocycles. The van der Waals surface area contributed by atoms with Crippen LogP contribution < -0.4 is 10.6 Å². The minimum absolute atomic E-state index is 0.0505. The topological polar surface area (TPSA) is 101 Å². The molecule has 0 aliphatic carbocycles. The van der Waals surface area contributed by atoms with E-state index in [1.165, 1.54) is 18.2 Å². The molecular formula is C18H19N3O4. The average molecular weight is 341 g/mol. The molecule has 2 rings (SSSR count). The summed E-state index contributed by atoms with van der Waals surface area (Å²) in [4.78, 5) is 34.4. The Kier molecular flexibility index (Phi) is 5.84. The monoisotopic (exact) mass is 341 g/mol. The van der Waals surface area contributed by atoms with E-state index in [0.29, 0.717) is 5.56 Å². The second-order valence-electron chi connectivity index (χ2n) is 5.50. The lowest BCUT2D eigenvalue weighted by Gasteiger charge is -2.10. The minimum Gasteiger partial charge on any atom is -0.343 e. The molecule has 2 aromatic rings. The van der Waals surface area contributed by atoms with Gasteiger partial charge in [0.1, 0.15) is 0 Å². The van der Waals surface area contributed by atoms with Gasteiger partial charge in [0.25, 0.3) is 11.6 Å². The van der Waals surface area contributed by atoms with Crippen LogP contribution in [-0.2, 0) is 11.2 Å². The van der Waals surface area contributed by atoms with Gasteiger partial charge in [-0.25, -0.2) is 0 Å². The van der Waals surface area contributed by atoms with Crippen molar-refractivity contribution in [3.05, 3.63) is 69.3 Å². The van der Waals surface area contributed by atoms with Crippen LogP contribution in [0.4, 0.5) is 11.4 Å². The average Bonchev–Trinajstić information content (AvgIpc) is 2.59. The summed E-state index contributed by atoms with van der Waals surface area (Å²) in [6, 6.07) is 11.5. The molecule has 0 atom stereocenters. The lowest BCUT2D eigenvalue weighted by molar-refractivity contribution is -0.385. The molecule has 0 radical (unpaired) electrons. The van der Waals surface area contributed by atoms with E-state index in [9.17, 15) is 19.7 Å². The minimum atomic E-state index is -0.504. The summed E-state index contributed by atoms with van der Waals surface area (Å²) in [6.45, 7) is 3.36. The maximum absolute atomic E-state index is 12.1. The summed E-state index contributed by atoms with van der Waals surface area (Å²) in [5.74, 6) is -0.801. The van der Waals surface area contributed by atoms with Gasteiger partial charge in [0.05, 0.1) is 11.5 Å². The van der Waals surface area contributed by atoms with Gasteiger partial charge in [0.15, 0.2) is 0 Å². The number of nitrogens with one attached hydrogen (secondary N) is 2. The molecule has 2 amide bonds. The van der Waals surface area contributed by atoms with Gasteiger partial charge >= 0.3 is 0 Å². The lowest BCUT2D eigenvalue weighted by atomic mass is 10.1. The third kappa shape index (κ3) is 4.63. The van der Waals surface area contributed by atoms with Crippen LogP contribution in [0.3, 0.4) is 0 Å². The summed E-state index contributed by atoms with van der Waals surface area (Å²) < 4.78 is 0. The van der Waals surface area contributed by atoms with E-state index in [1.54, 1.807) is 13.0 Å². The zero-order valence-corrected chi connectivity index (χ0v) is 14.0. The SMILES string of the molecule is CCc1ccccc1NC(=O)CNC(=O)c1ccc([N+](=O)[O-])c(C)c1. The fourth-order valence-electron chi connectivity index (χ4n) is 2.41. The quantitative estimate of drug-likeness (QED) is 0.623. The lowest BCUT2D eigenvalue weighted by Crippen LogP contribution is -2.33. The highest BCUT2D eigenvalue weighted by Gasteiger charge is 2.14. The highest BCUT2D eigenvalue weighted by atomic mass is 16.6. The predicted octanol–water partition coefficient (Wildman–Crippen LogP) is 2.83. The van der Waals surface area contributed by atoms with Crippen LogP contribution in [0.15, 0.2) is 42.5 Å². The van der Waals surface area contributed by atoms with Crippen LogP contribution >= 0.6 is 0 Å². The predicted molar refractivity (Wildman–Crippen MR) is 94.6 cm³/mol. The Morgan fingerprint density at radius 2 is 1.88 bits per heavy atom. The standard InChI is InChI=1S/C18H19N3O4/c1-3-13-6-4-5-7-15(13)20-17(22)11-19-18(23)14-8-9-16(21(24)25)12(2)10-14/h4-10H,3,11H2,1-2H3,(H,19,23)(H,20,22). The largest absolute Gasteiger partial charge is 0.343 e. The first kappa shape index (κ1) is 18.1. The van der Waals surface area contributed by atoms with E-state index < -0.39 is 10.8 Å². The molecule has 0 aliphatic heterocycles. The van der Waals surface area contributed by atoms with Gasteiger partial charge in [0, 0.05) is 22.9 Å². The van der Waals surface area contributed by atoms with Gasteiger partial charge in [-0.1, -0.05) is 25.1 Å². The van der Waals surface area contributed by atoms with Crippen molar-refractivity contribution in [2.45, 2.75) is 20.3 Å². The van der Waals surface area contributed by atoms with Crippen LogP contribution in [0.1, 0.15) is 28.4 Å². The third-order valence-corrected chi connectivity index (χ3v) is 3.74. The Bertz CT molecular complexity index is 818. The van der Waals surface area contributed by atoms with Gasteiger partial charge in [0.2, 0.25) is 5.91 Å². The normalized spacial score (nSPS) is 10.2. The number of aryl methyl sites for hydroxylation is 2. The van der Waals surface area contributed by atoms with E-state index in [4.69, 9.17) is 0 Å². The highest BCUT2D eigenvalue weighted by molar-refractivity contribution is 5.99. The first-order valence-corrected chi connectivity index (χ1v) is 7.83. The molecule has 0 saturated carbocycles. The molecule has 0 spiro atoms. The zero-order chi connectivity index (χ0) is 18.4. The Labute approximate surface area is 145 Å². The Morgan fingerprint density at radius 3 is 2.52 bits per heavy atom. The van der Waals surface area contributed by atoms with Crippen molar-refractivity contribution >= 4 is 23.2 Å². The fraction of sp³-hybridized carbons (Fsp3) is 0.222. The number of para-hydroxylation sites is 1. The third-order valence-electron chi connectivity index (χ3n) is 3.74. The molecule has 130 valence electrons. The van der Waals surface area contributed by atoms with Gasteiger partial charge in [-0.3, -0.25) is 19.7 Å². The molecule has 2 aromatic carbocycles. The molecule has 0 bridgehead atoms. The fourth-order valence-corrected chi connectivity index (χ4v) is 2.41. The number of rotatable bonds is 6. The smallest absolute Gasteiger partial charge is 0.272 e. The second kappa shape index (κ2) is 8.05. The van der Waals surface area contributed by atoms with Crippen molar-refractivity contribution < 1.29 is 14.5 Å². The molecule has 0 saturated heterocycles. The molecule has 2 N–H and O–H groups in total. The van der Waals surface area contributed by atoms with E-state index in [2.05, 4.69) is 10.6 Å². The number of hydrogen-bond donors (Lipinski definition) is 2. The molecule has 0 aromatic heterocycles. The Morgan fingerprint density at radius 1 is 1.16 bits per heavy atom. The van der Waals surface area contributed by atoms with E-state index >= 15 is 0 Å². The summed E-state index contributed by atoms with van der Waals surface area (Å²) in [5.41, 5.74) is 2.33. The molecule has 7 nitrogen and oxygen atoms in total. The van der Waals surface area contributed by atoms with E-state index in [1.807, 2.05) is 25.1 Å². The van der Waals surface area contributed by atoms with Gasteiger partial charge < -0.3 is 10.6 Å². The van der Waals surface area contributed by atoms with Crippen LogP contribution in [-0.4, -0.2) is 23.3 Å². The first-order chi connectivity index (χ1) is 11.9. The van der Waals surface area contributed by atoms with Crippen LogP contribution in [0.5, 0.6) is 0 Å². The van der Waals surface area contributed by atoms with Crippen molar-refractivity contribution in [2.75, 3.05) is 11.9 Å². The summed E-state index contributed by atoms with van der Waals surface area (Å²) in [7, 11) is 0. The molecule has 0 fully saturated rings. The summed E-state index contributed by atoms with van der Waals surface area (Å²) in [6.07, 6.45) is 0.783. The van der Waals surface area contributed by atoms with E-state index in [0.717, 1.165) is 17.7 Å². The first-order valence-electron chi connectivity index (χ1n) is 7.83. The van der Waals surface area contributed by atoms with Crippen molar-refractivity contribution in [1.29, 1.82) is 0 Å². The maximum Gasteiger partial charge on any atom is 0.272 e. The summed E-state index contributed by atoms with van der Waals surface area (Å²) >= 11 is 0. The number of carbonyl (C=O) groups excluding carboxylic acids is 2. The number of nitro benzene ring substituents is 1. The molecule has 0 unspecified atom stereocenters. The van der Waals surface area contributed by atoms with Gasteiger partial charge in [-0.2, -0.15) is 0 Å². The molecular weight excluding hydrogens is 322 g/mol.